The van der Waals surface area contributed by atoms with Crippen LogP contribution in [0.15, 0.2) is 30.3 Å². The number of benzene rings is 1. The minimum Gasteiger partial charge on any atom is -0.337 e. The van der Waals surface area contributed by atoms with E-state index in [0.29, 0.717) is 5.92 Å². The van der Waals surface area contributed by atoms with Crippen molar-refractivity contribution in [1.29, 1.82) is 0 Å². The van der Waals surface area contributed by atoms with Gasteiger partial charge in [-0.05, 0) is 25.3 Å². The summed E-state index contributed by atoms with van der Waals surface area (Å²) in [6.07, 6.45) is 0.981. The van der Waals surface area contributed by atoms with Gasteiger partial charge in [0.2, 0.25) is 5.91 Å². The summed E-state index contributed by atoms with van der Waals surface area (Å²) in [5, 5.41) is 2.87. The molecule has 2 rings (SSSR count). The highest BCUT2D eigenvalue weighted by Gasteiger charge is 2.46. The van der Waals surface area contributed by atoms with E-state index in [2.05, 4.69) is 19.2 Å². The van der Waals surface area contributed by atoms with Gasteiger partial charge in [-0.3, -0.25) is 9.59 Å². The average Bonchev–Trinajstić information content (AvgIpc) is 2.50. The highest BCUT2D eigenvalue weighted by Crippen LogP contribution is 2.29. The zero-order chi connectivity index (χ0) is 15.6. The topological polar surface area (TPSA) is 49.4 Å². The van der Waals surface area contributed by atoms with Crippen molar-refractivity contribution in [2.75, 3.05) is 6.54 Å². The van der Waals surface area contributed by atoms with Crippen LogP contribution in [0.2, 0.25) is 0 Å². The molecule has 0 aromatic heterocycles. The lowest BCUT2D eigenvalue weighted by Gasteiger charge is -2.44. The first-order valence-electron chi connectivity index (χ1n) is 7.57. The molecule has 0 bridgehead atoms. The number of rotatable bonds is 4. The second-order valence-corrected chi connectivity index (χ2v) is 6.10. The molecule has 0 radical (unpaired) electrons. The van der Waals surface area contributed by atoms with Crippen LogP contribution < -0.4 is 5.32 Å². The minimum absolute atomic E-state index is 0.0268. The lowest BCUT2D eigenvalue weighted by molar-refractivity contribution is -0.152. The first-order valence-corrected chi connectivity index (χ1v) is 7.57. The molecule has 114 valence electrons. The van der Waals surface area contributed by atoms with Crippen LogP contribution in [0, 0.1) is 5.92 Å². The summed E-state index contributed by atoms with van der Waals surface area (Å²) in [5.41, 5.74) is -0.150. The highest BCUT2D eigenvalue weighted by molar-refractivity contribution is 5.98. The molecule has 4 heteroatoms. The van der Waals surface area contributed by atoms with Gasteiger partial charge in [0.15, 0.2) is 0 Å². The molecule has 1 aliphatic heterocycles. The number of carbonyl (C=O) groups excluding carboxylic acids is 2. The van der Waals surface area contributed by atoms with Gasteiger partial charge in [-0.25, -0.2) is 0 Å². The molecule has 3 unspecified atom stereocenters. The van der Waals surface area contributed by atoms with Crippen LogP contribution in [-0.4, -0.2) is 29.3 Å². The Hall–Kier alpha value is -1.84. The van der Waals surface area contributed by atoms with Gasteiger partial charge in [0.1, 0.15) is 5.54 Å². The molecule has 1 aromatic carbocycles. The van der Waals surface area contributed by atoms with E-state index in [1.54, 1.807) is 11.8 Å². The number of nitrogens with one attached hydrogen (secondary N) is 1. The third-order valence-electron chi connectivity index (χ3n) is 4.70. The first kappa shape index (κ1) is 15.5. The maximum absolute atomic E-state index is 13.0. The third-order valence-corrected chi connectivity index (χ3v) is 4.70. The Labute approximate surface area is 126 Å². The van der Waals surface area contributed by atoms with E-state index < -0.39 is 5.54 Å². The Morgan fingerprint density at radius 2 is 1.86 bits per heavy atom. The maximum Gasteiger partial charge on any atom is 0.253 e. The van der Waals surface area contributed by atoms with Crippen molar-refractivity contribution in [3.8, 4) is 0 Å². The van der Waals surface area contributed by atoms with Crippen LogP contribution in [0.1, 0.15) is 39.7 Å². The second-order valence-electron chi connectivity index (χ2n) is 6.10. The number of amides is 2. The van der Waals surface area contributed by atoms with E-state index in [-0.39, 0.29) is 24.4 Å². The standard InChI is InChI=1S/C17H24N2O2/c1-5-12(2)13(3)19-11-15(20)18-17(4,16(19)21)14-9-7-6-8-10-14/h6-10,12-13H,5,11H2,1-4H3,(H,18,20). The van der Waals surface area contributed by atoms with E-state index in [0.717, 1.165) is 12.0 Å². The predicted octanol–water partition coefficient (Wildman–Crippen LogP) is 2.29. The smallest absolute Gasteiger partial charge is 0.253 e. The summed E-state index contributed by atoms with van der Waals surface area (Å²) < 4.78 is 0. The zero-order valence-electron chi connectivity index (χ0n) is 13.2. The van der Waals surface area contributed by atoms with Crippen LogP contribution in [0.3, 0.4) is 0 Å². The van der Waals surface area contributed by atoms with E-state index in [9.17, 15) is 9.59 Å². The molecule has 1 heterocycles. The van der Waals surface area contributed by atoms with Crippen molar-refractivity contribution < 1.29 is 9.59 Å². The van der Waals surface area contributed by atoms with Crippen LogP contribution >= 0.6 is 0 Å². The van der Waals surface area contributed by atoms with Crippen LogP contribution in [0.4, 0.5) is 0 Å². The Bertz CT molecular complexity index is 529. The summed E-state index contributed by atoms with van der Waals surface area (Å²) in [6.45, 7) is 8.18. The third kappa shape index (κ3) is 2.80. The second kappa shape index (κ2) is 5.88. The summed E-state index contributed by atoms with van der Waals surface area (Å²) >= 11 is 0. The number of carbonyl (C=O) groups is 2. The molecule has 0 spiro atoms. The molecular formula is C17H24N2O2. The van der Waals surface area contributed by atoms with E-state index in [1.165, 1.54) is 0 Å². The van der Waals surface area contributed by atoms with E-state index in [1.807, 2.05) is 37.3 Å². The summed E-state index contributed by atoms with van der Waals surface area (Å²) in [7, 11) is 0. The van der Waals surface area contributed by atoms with Gasteiger partial charge in [-0.1, -0.05) is 50.6 Å². The molecule has 1 fully saturated rings. The maximum atomic E-state index is 13.0. The Kier molecular flexibility index (Phi) is 4.35. The quantitative estimate of drug-likeness (QED) is 0.924. The number of hydrogen-bond acceptors (Lipinski definition) is 2. The van der Waals surface area contributed by atoms with Gasteiger partial charge in [0.05, 0.1) is 6.54 Å². The number of hydrogen-bond donors (Lipinski definition) is 1. The normalized spacial score (nSPS) is 25.4. The van der Waals surface area contributed by atoms with Gasteiger partial charge in [0, 0.05) is 6.04 Å². The van der Waals surface area contributed by atoms with Gasteiger partial charge in [-0.15, -0.1) is 0 Å². The minimum atomic E-state index is -0.974. The van der Waals surface area contributed by atoms with Crippen molar-refractivity contribution in [2.24, 2.45) is 5.92 Å². The molecule has 1 N–H and O–H groups in total. The van der Waals surface area contributed by atoms with Gasteiger partial charge in [-0.2, -0.15) is 0 Å². The number of nitrogens with zero attached hydrogens (tertiary/aromatic N) is 1. The predicted molar refractivity (Wildman–Crippen MR) is 82.6 cm³/mol. The molecule has 1 aromatic rings. The van der Waals surface area contributed by atoms with Crippen molar-refractivity contribution in [1.82, 2.24) is 10.2 Å². The van der Waals surface area contributed by atoms with Crippen molar-refractivity contribution in [2.45, 2.75) is 45.7 Å². The monoisotopic (exact) mass is 288 g/mol. The van der Waals surface area contributed by atoms with Crippen molar-refractivity contribution in [3.63, 3.8) is 0 Å². The molecule has 21 heavy (non-hydrogen) atoms. The Balaban J connectivity index is 2.36. The van der Waals surface area contributed by atoms with Crippen LogP contribution in [0.25, 0.3) is 0 Å². The molecule has 1 aliphatic rings. The van der Waals surface area contributed by atoms with Gasteiger partial charge >= 0.3 is 0 Å². The number of piperazine rings is 1. The zero-order valence-corrected chi connectivity index (χ0v) is 13.2. The molecule has 1 saturated heterocycles. The highest BCUT2D eigenvalue weighted by atomic mass is 16.2. The lowest BCUT2D eigenvalue weighted by Crippen LogP contribution is -2.65. The molecule has 2 amide bonds. The lowest BCUT2D eigenvalue weighted by atomic mass is 9.86. The molecule has 4 nitrogen and oxygen atoms in total. The molecule has 3 atom stereocenters. The van der Waals surface area contributed by atoms with E-state index in [4.69, 9.17) is 0 Å². The molecule has 0 saturated carbocycles. The van der Waals surface area contributed by atoms with Crippen LogP contribution in [0.5, 0.6) is 0 Å². The van der Waals surface area contributed by atoms with Gasteiger partial charge < -0.3 is 10.2 Å². The summed E-state index contributed by atoms with van der Waals surface area (Å²) in [6, 6.07) is 9.50. The van der Waals surface area contributed by atoms with Crippen LogP contribution in [-0.2, 0) is 15.1 Å². The largest absolute Gasteiger partial charge is 0.337 e. The summed E-state index contributed by atoms with van der Waals surface area (Å²) in [5.74, 6) is 0.233. The van der Waals surface area contributed by atoms with Crippen molar-refractivity contribution >= 4 is 11.8 Å². The Morgan fingerprint density at radius 1 is 1.24 bits per heavy atom. The van der Waals surface area contributed by atoms with Gasteiger partial charge in [0.25, 0.3) is 5.91 Å². The SMILES string of the molecule is CCC(C)C(C)N1CC(=O)NC(C)(c2ccccc2)C1=O. The van der Waals surface area contributed by atoms with E-state index >= 15 is 0 Å². The molecule has 0 aliphatic carbocycles. The first-order chi connectivity index (χ1) is 9.90. The average molecular weight is 288 g/mol. The van der Waals surface area contributed by atoms with Crippen molar-refractivity contribution in [3.05, 3.63) is 35.9 Å². The fourth-order valence-electron chi connectivity index (χ4n) is 2.83. The fraction of sp³-hybridized carbons (Fsp3) is 0.529. The summed E-state index contributed by atoms with van der Waals surface area (Å²) in [4.78, 5) is 26.8. The fourth-order valence-corrected chi connectivity index (χ4v) is 2.83. The Morgan fingerprint density at radius 3 is 2.43 bits per heavy atom. The molecular weight excluding hydrogens is 264 g/mol.